The summed E-state index contributed by atoms with van der Waals surface area (Å²) in [6, 6.07) is 3.74. The van der Waals surface area contributed by atoms with Crippen LogP contribution in [0.25, 0.3) is 0 Å². The number of nitrogens with zero attached hydrogens (tertiary/aromatic N) is 2. The van der Waals surface area contributed by atoms with Gasteiger partial charge >= 0.3 is 5.97 Å². The van der Waals surface area contributed by atoms with Gasteiger partial charge in [0.05, 0.1) is 6.61 Å². The predicted molar refractivity (Wildman–Crippen MR) is 64.8 cm³/mol. The second-order valence-corrected chi connectivity index (χ2v) is 4.15. The van der Waals surface area contributed by atoms with Crippen LogP contribution in [0.4, 0.5) is 0 Å². The lowest BCUT2D eigenvalue weighted by Gasteiger charge is -2.14. The average molecular weight is 248 g/mol. The van der Waals surface area contributed by atoms with Crippen LogP contribution in [-0.4, -0.2) is 34.9 Å². The highest BCUT2D eigenvalue weighted by atomic mass is 16.5. The fraction of sp³-hybridized carbons (Fsp3) is 0.462. The number of carbonyl (C=O) groups excluding carboxylic acids is 2. The summed E-state index contributed by atoms with van der Waals surface area (Å²) < 4.78 is 4.84. The molecule has 0 radical (unpaired) electrons. The van der Waals surface area contributed by atoms with Crippen LogP contribution in [0, 0.1) is 0 Å². The molecule has 0 N–H and O–H groups in total. The first kappa shape index (κ1) is 12.5. The third-order valence-corrected chi connectivity index (χ3v) is 2.86. The highest BCUT2D eigenvalue weighted by molar-refractivity contribution is 5.96. The number of hydrogen-bond acceptors (Lipinski definition) is 4. The maximum absolute atomic E-state index is 11.9. The summed E-state index contributed by atoms with van der Waals surface area (Å²) in [5, 5.41) is 0. The number of rotatable bonds is 5. The minimum atomic E-state index is -0.209. The summed E-state index contributed by atoms with van der Waals surface area (Å²) in [4.78, 5) is 28.9. The van der Waals surface area contributed by atoms with Gasteiger partial charge in [-0.2, -0.15) is 0 Å². The Morgan fingerprint density at radius 3 is 3.11 bits per heavy atom. The maximum atomic E-state index is 11.9. The summed E-state index contributed by atoms with van der Waals surface area (Å²) in [6.45, 7) is 3.33. The Morgan fingerprint density at radius 2 is 2.39 bits per heavy atom. The van der Waals surface area contributed by atoms with E-state index < -0.39 is 0 Å². The van der Waals surface area contributed by atoms with Gasteiger partial charge in [-0.05, 0) is 19.4 Å². The summed E-state index contributed by atoms with van der Waals surface area (Å²) in [6.07, 6.45) is 2.60. The third kappa shape index (κ3) is 2.67. The molecule has 0 fully saturated rings. The van der Waals surface area contributed by atoms with Gasteiger partial charge in [-0.25, -0.2) is 0 Å². The van der Waals surface area contributed by atoms with E-state index in [0.717, 1.165) is 5.56 Å². The first-order valence-electron chi connectivity index (χ1n) is 6.11. The van der Waals surface area contributed by atoms with Crippen LogP contribution in [0.3, 0.4) is 0 Å². The van der Waals surface area contributed by atoms with Crippen molar-refractivity contribution in [2.75, 3.05) is 13.2 Å². The standard InChI is InChI=1S/C13H16N2O3/c1-2-18-11(16)6-4-8-15-9-10-5-3-7-14-12(10)13(15)17/h3,5,7H,2,4,6,8-9H2,1H3. The van der Waals surface area contributed by atoms with Crippen LogP contribution in [0.2, 0.25) is 0 Å². The Morgan fingerprint density at radius 1 is 1.56 bits per heavy atom. The number of pyridine rings is 1. The first-order chi connectivity index (χ1) is 8.72. The van der Waals surface area contributed by atoms with Gasteiger partial charge in [0.2, 0.25) is 0 Å². The van der Waals surface area contributed by atoms with E-state index in [0.29, 0.717) is 38.2 Å². The lowest BCUT2D eigenvalue weighted by atomic mass is 10.2. The number of aromatic nitrogens is 1. The van der Waals surface area contributed by atoms with Crippen molar-refractivity contribution in [1.29, 1.82) is 0 Å². The molecule has 0 bridgehead atoms. The predicted octanol–water partition coefficient (Wildman–Crippen LogP) is 1.38. The van der Waals surface area contributed by atoms with E-state index in [1.165, 1.54) is 0 Å². The quantitative estimate of drug-likeness (QED) is 0.739. The van der Waals surface area contributed by atoms with E-state index >= 15 is 0 Å². The highest BCUT2D eigenvalue weighted by Gasteiger charge is 2.27. The molecule has 0 spiro atoms. The number of amides is 1. The molecule has 2 rings (SSSR count). The molecule has 2 heterocycles. The molecule has 0 saturated heterocycles. The smallest absolute Gasteiger partial charge is 0.305 e. The highest BCUT2D eigenvalue weighted by Crippen LogP contribution is 2.20. The largest absolute Gasteiger partial charge is 0.466 e. The van der Waals surface area contributed by atoms with E-state index in [4.69, 9.17) is 4.74 Å². The van der Waals surface area contributed by atoms with Gasteiger partial charge in [0.25, 0.3) is 5.91 Å². The minimum absolute atomic E-state index is 0.0468. The lowest BCUT2D eigenvalue weighted by molar-refractivity contribution is -0.143. The maximum Gasteiger partial charge on any atom is 0.305 e. The van der Waals surface area contributed by atoms with Crippen LogP contribution in [-0.2, 0) is 16.1 Å². The fourth-order valence-electron chi connectivity index (χ4n) is 2.01. The summed E-state index contributed by atoms with van der Waals surface area (Å²) in [5.74, 6) is -0.255. The monoisotopic (exact) mass is 248 g/mol. The van der Waals surface area contributed by atoms with Crippen LogP contribution in [0.5, 0.6) is 0 Å². The Labute approximate surface area is 106 Å². The molecule has 1 aliphatic heterocycles. The minimum Gasteiger partial charge on any atom is -0.466 e. The zero-order valence-corrected chi connectivity index (χ0v) is 10.4. The average Bonchev–Trinajstić information content (AvgIpc) is 2.68. The number of hydrogen-bond donors (Lipinski definition) is 0. The molecule has 1 aromatic heterocycles. The van der Waals surface area contributed by atoms with E-state index in [9.17, 15) is 9.59 Å². The van der Waals surface area contributed by atoms with Crippen molar-refractivity contribution in [2.45, 2.75) is 26.3 Å². The molecule has 0 aliphatic carbocycles. The number of fused-ring (bicyclic) bond motifs is 1. The van der Waals surface area contributed by atoms with Crippen molar-refractivity contribution in [3.8, 4) is 0 Å². The Balaban J connectivity index is 1.83. The van der Waals surface area contributed by atoms with Crippen LogP contribution >= 0.6 is 0 Å². The van der Waals surface area contributed by atoms with Crippen LogP contribution < -0.4 is 0 Å². The van der Waals surface area contributed by atoms with Crippen LogP contribution in [0.15, 0.2) is 18.3 Å². The SMILES string of the molecule is CCOC(=O)CCCN1Cc2cccnc2C1=O. The second kappa shape index (κ2) is 5.62. The van der Waals surface area contributed by atoms with Crippen LogP contribution in [0.1, 0.15) is 35.8 Å². The van der Waals surface area contributed by atoms with Crippen molar-refractivity contribution >= 4 is 11.9 Å². The molecule has 0 saturated carbocycles. The normalized spacial score (nSPS) is 13.6. The molecular weight excluding hydrogens is 232 g/mol. The van der Waals surface area contributed by atoms with E-state index in [2.05, 4.69) is 4.98 Å². The zero-order chi connectivity index (χ0) is 13.0. The van der Waals surface area contributed by atoms with Gasteiger partial charge in [0.15, 0.2) is 0 Å². The summed E-state index contributed by atoms with van der Waals surface area (Å²) >= 11 is 0. The summed E-state index contributed by atoms with van der Waals surface area (Å²) in [5.41, 5.74) is 1.49. The molecule has 0 atom stereocenters. The van der Waals surface area contributed by atoms with Gasteiger partial charge in [-0.1, -0.05) is 6.07 Å². The molecular formula is C13H16N2O3. The van der Waals surface area contributed by atoms with Gasteiger partial charge < -0.3 is 9.64 Å². The fourth-order valence-corrected chi connectivity index (χ4v) is 2.01. The molecule has 0 unspecified atom stereocenters. The molecule has 96 valence electrons. The van der Waals surface area contributed by atoms with Gasteiger partial charge in [0, 0.05) is 31.3 Å². The molecule has 1 amide bonds. The zero-order valence-electron chi connectivity index (χ0n) is 10.4. The Kier molecular flexibility index (Phi) is 3.92. The molecule has 1 aliphatic rings. The van der Waals surface area contributed by atoms with Crippen molar-refractivity contribution in [3.63, 3.8) is 0 Å². The van der Waals surface area contributed by atoms with Crippen molar-refractivity contribution in [3.05, 3.63) is 29.6 Å². The van der Waals surface area contributed by atoms with E-state index in [1.54, 1.807) is 18.0 Å². The lowest BCUT2D eigenvalue weighted by Crippen LogP contribution is -2.25. The van der Waals surface area contributed by atoms with Crippen molar-refractivity contribution < 1.29 is 14.3 Å². The molecule has 0 aromatic carbocycles. The first-order valence-corrected chi connectivity index (χ1v) is 6.11. The van der Waals surface area contributed by atoms with E-state index in [1.807, 2.05) is 12.1 Å². The third-order valence-electron chi connectivity index (χ3n) is 2.86. The number of carbonyl (C=O) groups is 2. The molecule has 5 heteroatoms. The van der Waals surface area contributed by atoms with Gasteiger partial charge in [-0.15, -0.1) is 0 Å². The molecule has 1 aromatic rings. The number of esters is 1. The summed E-state index contributed by atoms with van der Waals surface area (Å²) in [7, 11) is 0. The second-order valence-electron chi connectivity index (χ2n) is 4.15. The molecule has 18 heavy (non-hydrogen) atoms. The number of ether oxygens (including phenoxy) is 1. The topological polar surface area (TPSA) is 59.5 Å². The van der Waals surface area contributed by atoms with Gasteiger partial charge in [0.1, 0.15) is 5.69 Å². The molecule has 5 nitrogen and oxygen atoms in total. The Hall–Kier alpha value is -1.91. The van der Waals surface area contributed by atoms with Crippen molar-refractivity contribution in [2.24, 2.45) is 0 Å². The Bertz CT molecular complexity index is 459. The van der Waals surface area contributed by atoms with E-state index in [-0.39, 0.29) is 11.9 Å². The van der Waals surface area contributed by atoms with Crippen molar-refractivity contribution in [1.82, 2.24) is 9.88 Å². The van der Waals surface area contributed by atoms with Gasteiger partial charge in [-0.3, -0.25) is 14.6 Å².